The predicted octanol–water partition coefficient (Wildman–Crippen LogP) is 2.71. The third-order valence-electron chi connectivity index (χ3n) is 3.34. The van der Waals surface area contributed by atoms with Crippen molar-refractivity contribution in [1.29, 1.82) is 0 Å². The summed E-state index contributed by atoms with van der Waals surface area (Å²) < 4.78 is 1.98. The lowest BCUT2D eigenvalue weighted by Crippen LogP contribution is -2.00. The number of aryl methyl sites for hydroxylation is 3. The van der Waals surface area contributed by atoms with Crippen molar-refractivity contribution in [3.63, 3.8) is 0 Å². The molecule has 3 rings (SSSR count). The van der Waals surface area contributed by atoms with Crippen LogP contribution in [0, 0.1) is 6.92 Å². The quantitative estimate of drug-likeness (QED) is 0.782. The topological polar surface area (TPSA) is 59.4 Å². The third-order valence-corrected chi connectivity index (χ3v) is 3.34. The van der Waals surface area contributed by atoms with Gasteiger partial charge in [-0.05, 0) is 38.0 Å². The molecule has 5 nitrogen and oxygen atoms in total. The minimum absolute atomic E-state index is 0.761. The summed E-state index contributed by atoms with van der Waals surface area (Å²) in [5.74, 6) is 0.839. The second-order valence-electron chi connectivity index (χ2n) is 4.60. The highest BCUT2D eigenvalue weighted by atomic mass is 15.3. The number of imidazole rings is 1. The van der Waals surface area contributed by atoms with Crippen molar-refractivity contribution in [2.75, 3.05) is 0 Å². The zero-order valence-electron chi connectivity index (χ0n) is 11.4. The maximum absolute atomic E-state index is 4.57. The number of hydrogen-bond acceptors (Lipinski definition) is 3. The second kappa shape index (κ2) is 4.50. The molecule has 0 unspecified atom stereocenters. The Hall–Kier alpha value is -2.17. The van der Waals surface area contributed by atoms with Crippen LogP contribution in [0.5, 0.6) is 0 Å². The van der Waals surface area contributed by atoms with Crippen LogP contribution in [0.4, 0.5) is 0 Å². The molecule has 3 heterocycles. The van der Waals surface area contributed by atoms with Crippen LogP contribution in [0.15, 0.2) is 18.3 Å². The van der Waals surface area contributed by atoms with Crippen LogP contribution >= 0.6 is 0 Å². The third kappa shape index (κ3) is 1.91. The van der Waals surface area contributed by atoms with Crippen LogP contribution < -0.4 is 0 Å². The van der Waals surface area contributed by atoms with Crippen LogP contribution in [0.1, 0.15) is 25.1 Å². The van der Waals surface area contributed by atoms with Crippen molar-refractivity contribution in [2.24, 2.45) is 0 Å². The molecule has 0 saturated carbocycles. The van der Waals surface area contributed by atoms with Gasteiger partial charge in [0.2, 0.25) is 0 Å². The van der Waals surface area contributed by atoms with Gasteiger partial charge in [-0.25, -0.2) is 9.97 Å². The van der Waals surface area contributed by atoms with E-state index in [1.807, 2.05) is 10.7 Å². The van der Waals surface area contributed by atoms with Gasteiger partial charge in [0.25, 0.3) is 0 Å². The van der Waals surface area contributed by atoms with Crippen molar-refractivity contribution in [3.05, 3.63) is 29.6 Å². The number of pyridine rings is 1. The van der Waals surface area contributed by atoms with E-state index in [1.165, 1.54) is 0 Å². The van der Waals surface area contributed by atoms with Crippen LogP contribution in [-0.4, -0.2) is 24.7 Å². The number of H-pyrrole nitrogens is 1. The number of aromatic nitrogens is 5. The van der Waals surface area contributed by atoms with Gasteiger partial charge in [0, 0.05) is 12.7 Å². The van der Waals surface area contributed by atoms with E-state index in [0.29, 0.717) is 0 Å². The Labute approximate surface area is 111 Å². The zero-order valence-corrected chi connectivity index (χ0v) is 11.4. The molecule has 0 atom stereocenters. The number of nitrogens with one attached hydrogen (secondary N) is 1. The van der Waals surface area contributed by atoms with Crippen LogP contribution in [-0.2, 0) is 13.0 Å². The van der Waals surface area contributed by atoms with Gasteiger partial charge in [-0.3, -0.25) is 4.68 Å². The summed E-state index contributed by atoms with van der Waals surface area (Å²) in [6, 6.07) is 4.08. The van der Waals surface area contributed by atoms with Crippen LogP contribution in [0.25, 0.3) is 22.7 Å². The summed E-state index contributed by atoms with van der Waals surface area (Å²) in [6.07, 6.45) is 2.72. The standard InChI is InChI=1S/C14H17N5/c1-4-10-8-11(19(5-2)18-10)13-16-12-9(3)6-7-15-14(12)17-13/h6-8H,4-5H2,1-3H3,(H,15,16,17). The van der Waals surface area contributed by atoms with Crippen molar-refractivity contribution >= 4 is 11.2 Å². The lowest BCUT2D eigenvalue weighted by Gasteiger charge is -2.00. The fraction of sp³-hybridized carbons (Fsp3) is 0.357. The molecule has 0 aromatic carbocycles. The minimum Gasteiger partial charge on any atom is -0.335 e. The first-order valence-electron chi connectivity index (χ1n) is 6.61. The SMILES string of the molecule is CCc1cc(-c2nc3nccc(C)c3[nH]2)n(CC)n1. The highest BCUT2D eigenvalue weighted by molar-refractivity contribution is 5.78. The van der Waals surface area contributed by atoms with Gasteiger partial charge >= 0.3 is 0 Å². The summed E-state index contributed by atoms with van der Waals surface area (Å²) in [6.45, 7) is 7.08. The smallest absolute Gasteiger partial charge is 0.178 e. The molecule has 0 amide bonds. The van der Waals surface area contributed by atoms with E-state index in [1.54, 1.807) is 6.20 Å². The number of aromatic amines is 1. The molecule has 0 saturated heterocycles. The number of rotatable bonds is 3. The highest BCUT2D eigenvalue weighted by Crippen LogP contribution is 2.22. The molecular weight excluding hydrogens is 238 g/mol. The average Bonchev–Trinajstić information content (AvgIpc) is 3.02. The van der Waals surface area contributed by atoms with E-state index in [-0.39, 0.29) is 0 Å². The summed E-state index contributed by atoms with van der Waals surface area (Å²) >= 11 is 0. The average molecular weight is 255 g/mol. The molecule has 1 N–H and O–H groups in total. The van der Waals surface area contributed by atoms with Crippen molar-refractivity contribution in [1.82, 2.24) is 24.7 Å². The first-order chi connectivity index (χ1) is 9.22. The maximum atomic E-state index is 4.57. The first-order valence-corrected chi connectivity index (χ1v) is 6.61. The Bertz CT molecular complexity index is 723. The number of fused-ring (bicyclic) bond motifs is 1. The monoisotopic (exact) mass is 255 g/mol. The maximum Gasteiger partial charge on any atom is 0.178 e. The van der Waals surface area contributed by atoms with Gasteiger partial charge in [0.05, 0.1) is 11.2 Å². The first kappa shape index (κ1) is 11.9. The van der Waals surface area contributed by atoms with Gasteiger partial charge < -0.3 is 4.98 Å². The molecule has 19 heavy (non-hydrogen) atoms. The normalized spacial score (nSPS) is 11.3. The zero-order chi connectivity index (χ0) is 13.4. The largest absolute Gasteiger partial charge is 0.335 e. The second-order valence-corrected chi connectivity index (χ2v) is 4.60. The Kier molecular flexibility index (Phi) is 2.81. The molecule has 0 spiro atoms. The van der Waals surface area contributed by atoms with E-state index >= 15 is 0 Å². The lowest BCUT2D eigenvalue weighted by molar-refractivity contribution is 0.653. The van der Waals surface area contributed by atoms with Gasteiger partial charge in [-0.2, -0.15) is 5.10 Å². The number of hydrogen-bond donors (Lipinski definition) is 1. The van der Waals surface area contributed by atoms with E-state index in [4.69, 9.17) is 0 Å². The molecule has 0 radical (unpaired) electrons. The van der Waals surface area contributed by atoms with Crippen molar-refractivity contribution in [2.45, 2.75) is 33.7 Å². The van der Waals surface area contributed by atoms with Crippen molar-refractivity contribution < 1.29 is 0 Å². The van der Waals surface area contributed by atoms with E-state index in [2.05, 4.69) is 46.9 Å². The van der Waals surface area contributed by atoms with Gasteiger partial charge in [0.1, 0.15) is 5.69 Å². The molecule has 0 aliphatic carbocycles. The summed E-state index contributed by atoms with van der Waals surface area (Å²) in [4.78, 5) is 12.2. The molecule has 3 aromatic heterocycles. The fourth-order valence-corrected chi connectivity index (χ4v) is 2.23. The Morgan fingerprint density at radius 2 is 2.16 bits per heavy atom. The van der Waals surface area contributed by atoms with E-state index < -0.39 is 0 Å². The molecule has 0 fully saturated rings. The molecule has 98 valence electrons. The molecule has 0 bridgehead atoms. The van der Waals surface area contributed by atoms with Gasteiger partial charge in [-0.15, -0.1) is 0 Å². The predicted molar refractivity (Wildman–Crippen MR) is 74.9 cm³/mol. The van der Waals surface area contributed by atoms with Crippen LogP contribution in [0.2, 0.25) is 0 Å². The minimum atomic E-state index is 0.761. The van der Waals surface area contributed by atoms with E-state index in [9.17, 15) is 0 Å². The Morgan fingerprint density at radius 1 is 1.32 bits per heavy atom. The summed E-state index contributed by atoms with van der Waals surface area (Å²) in [7, 11) is 0. The van der Waals surface area contributed by atoms with Crippen LogP contribution in [0.3, 0.4) is 0 Å². The highest BCUT2D eigenvalue weighted by Gasteiger charge is 2.13. The van der Waals surface area contributed by atoms with Gasteiger partial charge in [0.15, 0.2) is 11.5 Å². The molecule has 0 aliphatic rings. The number of nitrogens with zero attached hydrogens (tertiary/aromatic N) is 4. The summed E-state index contributed by atoms with van der Waals surface area (Å²) in [5, 5.41) is 4.55. The fourth-order valence-electron chi connectivity index (χ4n) is 2.23. The van der Waals surface area contributed by atoms with Gasteiger partial charge in [-0.1, -0.05) is 6.92 Å². The van der Waals surface area contributed by atoms with E-state index in [0.717, 1.165) is 46.9 Å². The van der Waals surface area contributed by atoms with Crippen molar-refractivity contribution in [3.8, 4) is 11.5 Å². The molecule has 5 heteroatoms. The molecular formula is C14H17N5. The molecule has 3 aromatic rings. The Morgan fingerprint density at radius 3 is 2.84 bits per heavy atom. The Balaban J connectivity index is 2.18. The lowest BCUT2D eigenvalue weighted by atomic mass is 10.3. The summed E-state index contributed by atoms with van der Waals surface area (Å²) in [5.41, 5.74) is 5.03. The molecule has 0 aliphatic heterocycles.